The van der Waals surface area contributed by atoms with Crippen LogP contribution in [0, 0.1) is 0 Å². The van der Waals surface area contributed by atoms with Gasteiger partial charge in [0, 0.05) is 11.8 Å². The molecule has 0 saturated carbocycles. The van der Waals surface area contributed by atoms with E-state index >= 15 is 0 Å². The van der Waals surface area contributed by atoms with Crippen LogP contribution in [-0.2, 0) is 0 Å². The normalized spacial score (nSPS) is 12.2. The molecule has 0 aliphatic rings. The van der Waals surface area contributed by atoms with Gasteiger partial charge in [-0.2, -0.15) is 0 Å². The fourth-order valence-electron chi connectivity index (χ4n) is 1.71. The molecule has 0 amide bonds. The van der Waals surface area contributed by atoms with Crippen LogP contribution in [0.25, 0.3) is 0 Å². The van der Waals surface area contributed by atoms with E-state index < -0.39 is 0 Å². The van der Waals surface area contributed by atoms with Gasteiger partial charge in [0.1, 0.15) is 11.5 Å². The summed E-state index contributed by atoms with van der Waals surface area (Å²) >= 11 is 0. The average molecular weight is 271 g/mol. The zero-order valence-corrected chi connectivity index (χ0v) is 10.8. The minimum absolute atomic E-state index is 0.0817. The van der Waals surface area contributed by atoms with Crippen LogP contribution >= 0.6 is 0 Å². The Balaban J connectivity index is 2.41. The summed E-state index contributed by atoms with van der Waals surface area (Å²) in [6, 6.07) is 12.0. The summed E-state index contributed by atoms with van der Waals surface area (Å²) in [4.78, 5) is 4.07. The molecule has 0 fully saturated rings. The summed E-state index contributed by atoms with van der Waals surface area (Å²) in [5.41, 5.74) is 1.18. The molecule has 0 aliphatic carbocycles. The van der Waals surface area contributed by atoms with Gasteiger partial charge in [-0.3, -0.25) is 4.98 Å². The van der Waals surface area contributed by atoms with Crippen molar-refractivity contribution >= 4 is 11.4 Å². The number of hydrogen-bond donors (Lipinski definition) is 2. The smallest absolute Gasteiger partial charge is 0.157 e. The number of aromatic nitrogens is 1. The Hall–Kier alpha value is -2.89. The molecule has 0 spiro atoms. The van der Waals surface area contributed by atoms with Gasteiger partial charge in [0.05, 0.1) is 12.8 Å². The Morgan fingerprint density at radius 1 is 1.00 bits per heavy atom. The second-order valence-corrected chi connectivity index (χ2v) is 3.84. The van der Waals surface area contributed by atoms with Crippen molar-refractivity contribution in [3.05, 3.63) is 59.9 Å². The monoisotopic (exact) mass is 271 g/mol. The molecule has 0 bridgehead atoms. The second kappa shape index (κ2) is 6.33. The maximum absolute atomic E-state index is 9.21. The average Bonchev–Trinajstić information content (AvgIpc) is 2.53. The molecule has 1 aromatic heterocycles. The summed E-state index contributed by atoms with van der Waals surface area (Å²) in [6.45, 7) is 0. The topological polar surface area (TPSA) is 87.3 Å². The predicted molar refractivity (Wildman–Crippen MR) is 73.9 cm³/mol. The van der Waals surface area contributed by atoms with Crippen LogP contribution in [0.4, 0.5) is 0 Å². The van der Waals surface area contributed by atoms with E-state index in [0.717, 1.165) is 0 Å². The van der Waals surface area contributed by atoms with Crippen molar-refractivity contribution < 1.29 is 15.2 Å². The molecule has 0 aliphatic heterocycles. The molecule has 0 radical (unpaired) electrons. The lowest BCUT2D eigenvalue weighted by atomic mass is 10.0. The molecule has 0 saturated heterocycles. The Bertz CT molecular complexity index is 622. The third kappa shape index (κ3) is 2.74. The van der Waals surface area contributed by atoms with Gasteiger partial charge in [0.2, 0.25) is 0 Å². The summed E-state index contributed by atoms with van der Waals surface area (Å²) in [5, 5.41) is 24.8. The van der Waals surface area contributed by atoms with Crippen LogP contribution < -0.4 is 4.74 Å². The van der Waals surface area contributed by atoms with E-state index in [4.69, 9.17) is 4.74 Å². The number of ether oxygens (including phenoxy) is 1. The predicted octanol–water partition coefficient (Wildman–Crippen LogP) is 2.15. The molecule has 20 heavy (non-hydrogen) atoms. The number of methoxy groups -OCH3 is 1. The van der Waals surface area contributed by atoms with Crippen molar-refractivity contribution in [2.75, 3.05) is 7.11 Å². The molecular formula is C14H13N3O3. The number of nitrogens with zero attached hydrogens (tertiary/aromatic N) is 3. The highest BCUT2D eigenvalue weighted by Gasteiger charge is 2.17. The molecule has 2 N–H and O–H groups in total. The van der Waals surface area contributed by atoms with Crippen LogP contribution in [-0.4, -0.2) is 33.9 Å². The number of benzene rings is 1. The third-order valence-electron chi connectivity index (χ3n) is 2.70. The van der Waals surface area contributed by atoms with Crippen LogP contribution in [0.5, 0.6) is 5.75 Å². The minimum atomic E-state index is 0.0817. The first-order valence-corrected chi connectivity index (χ1v) is 5.80. The van der Waals surface area contributed by atoms with Gasteiger partial charge in [0.25, 0.3) is 0 Å². The first-order chi connectivity index (χ1) is 9.80. The standard InChI is InChI=1S/C14H13N3O3/c1-20-11-7-5-10(6-8-11)13(16-18)14(17-19)12-4-2-3-9-15-12/h2-9,18-19H,1H3. The number of oxime groups is 2. The summed E-state index contributed by atoms with van der Waals surface area (Å²) in [5.74, 6) is 0.673. The molecule has 6 heteroatoms. The summed E-state index contributed by atoms with van der Waals surface area (Å²) in [7, 11) is 1.56. The summed E-state index contributed by atoms with van der Waals surface area (Å²) in [6.07, 6.45) is 1.56. The quantitative estimate of drug-likeness (QED) is 0.506. The Labute approximate surface area is 115 Å². The SMILES string of the molecule is COc1ccc(C(=NO)C(=NO)c2ccccn2)cc1. The Kier molecular flexibility index (Phi) is 4.28. The van der Waals surface area contributed by atoms with E-state index in [1.54, 1.807) is 55.8 Å². The van der Waals surface area contributed by atoms with E-state index in [9.17, 15) is 10.4 Å². The fourth-order valence-corrected chi connectivity index (χ4v) is 1.71. The number of rotatable bonds is 4. The van der Waals surface area contributed by atoms with Crippen molar-refractivity contribution in [2.45, 2.75) is 0 Å². The molecule has 1 aromatic carbocycles. The molecule has 2 rings (SSSR count). The highest BCUT2D eigenvalue weighted by molar-refractivity contribution is 6.52. The molecule has 1 heterocycles. The van der Waals surface area contributed by atoms with Gasteiger partial charge >= 0.3 is 0 Å². The van der Waals surface area contributed by atoms with Crippen molar-refractivity contribution in [2.24, 2.45) is 10.3 Å². The van der Waals surface area contributed by atoms with Gasteiger partial charge in [-0.15, -0.1) is 0 Å². The highest BCUT2D eigenvalue weighted by atomic mass is 16.5. The van der Waals surface area contributed by atoms with Gasteiger partial charge in [-0.05, 0) is 36.4 Å². The van der Waals surface area contributed by atoms with Crippen molar-refractivity contribution in [3.8, 4) is 5.75 Å². The second-order valence-electron chi connectivity index (χ2n) is 3.84. The maximum Gasteiger partial charge on any atom is 0.157 e. The molecule has 0 atom stereocenters. The van der Waals surface area contributed by atoms with Crippen LogP contribution in [0.1, 0.15) is 11.3 Å². The summed E-state index contributed by atoms with van der Waals surface area (Å²) < 4.78 is 5.06. The first-order valence-electron chi connectivity index (χ1n) is 5.80. The van der Waals surface area contributed by atoms with Gasteiger partial charge in [-0.1, -0.05) is 16.4 Å². The number of pyridine rings is 1. The zero-order valence-electron chi connectivity index (χ0n) is 10.8. The van der Waals surface area contributed by atoms with Crippen LogP contribution in [0.3, 0.4) is 0 Å². The van der Waals surface area contributed by atoms with E-state index in [1.807, 2.05) is 0 Å². The van der Waals surface area contributed by atoms with Gasteiger partial charge in [-0.25, -0.2) is 0 Å². The largest absolute Gasteiger partial charge is 0.497 e. The van der Waals surface area contributed by atoms with E-state index in [-0.39, 0.29) is 11.4 Å². The third-order valence-corrected chi connectivity index (χ3v) is 2.70. The van der Waals surface area contributed by atoms with Crippen LogP contribution in [0.2, 0.25) is 0 Å². The first kappa shape index (κ1) is 13.5. The van der Waals surface area contributed by atoms with Gasteiger partial charge in [0.15, 0.2) is 5.71 Å². The van der Waals surface area contributed by atoms with Crippen molar-refractivity contribution in [1.82, 2.24) is 4.98 Å². The van der Waals surface area contributed by atoms with E-state index in [1.165, 1.54) is 0 Å². The molecule has 102 valence electrons. The minimum Gasteiger partial charge on any atom is -0.497 e. The van der Waals surface area contributed by atoms with Gasteiger partial charge < -0.3 is 15.2 Å². The lowest BCUT2D eigenvalue weighted by Gasteiger charge is -2.07. The van der Waals surface area contributed by atoms with Crippen molar-refractivity contribution in [1.29, 1.82) is 0 Å². The van der Waals surface area contributed by atoms with E-state index in [2.05, 4.69) is 15.3 Å². The molecule has 2 aromatic rings. The number of hydrogen-bond acceptors (Lipinski definition) is 6. The maximum atomic E-state index is 9.21. The lowest BCUT2D eigenvalue weighted by molar-refractivity contribution is 0.314. The molecule has 6 nitrogen and oxygen atoms in total. The van der Waals surface area contributed by atoms with E-state index in [0.29, 0.717) is 17.0 Å². The fraction of sp³-hybridized carbons (Fsp3) is 0.0714. The lowest BCUT2D eigenvalue weighted by Crippen LogP contribution is -2.18. The van der Waals surface area contributed by atoms with Crippen molar-refractivity contribution in [3.63, 3.8) is 0 Å². The van der Waals surface area contributed by atoms with Crippen LogP contribution in [0.15, 0.2) is 59.0 Å². The zero-order chi connectivity index (χ0) is 14.4. The molecular weight excluding hydrogens is 258 g/mol. The molecule has 0 unspecified atom stereocenters. The Morgan fingerprint density at radius 2 is 1.70 bits per heavy atom. The highest BCUT2D eigenvalue weighted by Crippen LogP contribution is 2.14. The Morgan fingerprint density at radius 3 is 2.20 bits per heavy atom.